The summed E-state index contributed by atoms with van der Waals surface area (Å²) in [6.45, 7) is 2.06. The number of halogens is 1. The van der Waals surface area contributed by atoms with E-state index < -0.39 is 0 Å². The van der Waals surface area contributed by atoms with Gasteiger partial charge in [0.05, 0.1) is 0 Å². The highest BCUT2D eigenvalue weighted by Crippen LogP contribution is 2.35. The maximum absolute atomic E-state index is 13.1. The zero-order chi connectivity index (χ0) is 20.7. The third-order valence-corrected chi connectivity index (χ3v) is 6.21. The van der Waals surface area contributed by atoms with Crippen LogP contribution >= 0.6 is 0 Å². The second-order valence-electron chi connectivity index (χ2n) is 8.27. The molecule has 5 rings (SSSR count). The van der Waals surface area contributed by atoms with Gasteiger partial charge in [-0.2, -0.15) is 0 Å². The summed E-state index contributed by atoms with van der Waals surface area (Å²) in [5.41, 5.74) is 1.91. The molecular weight excluding hydrogens is 383 g/mol. The van der Waals surface area contributed by atoms with E-state index in [1.54, 1.807) is 18.2 Å². The highest BCUT2D eigenvalue weighted by Gasteiger charge is 2.36. The molecule has 2 aromatic heterocycles. The Labute approximate surface area is 173 Å². The smallest absolute Gasteiger partial charge is 0.250 e. The van der Waals surface area contributed by atoms with Crippen LogP contribution < -0.4 is 5.56 Å². The number of amides is 1. The van der Waals surface area contributed by atoms with Crippen molar-refractivity contribution in [3.05, 3.63) is 82.2 Å². The van der Waals surface area contributed by atoms with Crippen molar-refractivity contribution in [1.82, 2.24) is 9.47 Å². The van der Waals surface area contributed by atoms with Crippen LogP contribution in [0.4, 0.5) is 4.39 Å². The lowest BCUT2D eigenvalue weighted by Crippen LogP contribution is -2.49. The molecule has 1 saturated heterocycles. The molecule has 2 aliphatic rings. The highest BCUT2D eigenvalue weighted by atomic mass is 19.1. The van der Waals surface area contributed by atoms with Gasteiger partial charge in [0.1, 0.15) is 17.3 Å². The van der Waals surface area contributed by atoms with Gasteiger partial charge in [-0.1, -0.05) is 6.07 Å². The summed E-state index contributed by atoms with van der Waals surface area (Å²) in [5, 5.41) is 0. The fourth-order valence-electron chi connectivity index (χ4n) is 4.77. The van der Waals surface area contributed by atoms with Crippen molar-refractivity contribution in [3.8, 4) is 11.3 Å². The monoisotopic (exact) mass is 406 g/mol. The Hall–Kier alpha value is -3.15. The zero-order valence-electron chi connectivity index (χ0n) is 16.6. The molecule has 0 saturated carbocycles. The second kappa shape index (κ2) is 7.59. The molecule has 6 heteroatoms. The molecule has 2 bridgehead atoms. The number of likely N-dealkylation sites (tertiary alicyclic amines) is 1. The largest absolute Gasteiger partial charge is 0.461 e. The van der Waals surface area contributed by atoms with Crippen molar-refractivity contribution in [2.24, 2.45) is 5.92 Å². The van der Waals surface area contributed by atoms with E-state index in [2.05, 4.69) is 0 Å². The van der Waals surface area contributed by atoms with E-state index in [0.717, 1.165) is 23.4 Å². The van der Waals surface area contributed by atoms with Crippen molar-refractivity contribution in [1.29, 1.82) is 0 Å². The van der Waals surface area contributed by atoms with Gasteiger partial charge in [-0.15, -0.1) is 0 Å². The van der Waals surface area contributed by atoms with Crippen LogP contribution in [-0.4, -0.2) is 28.5 Å². The van der Waals surface area contributed by atoms with Crippen LogP contribution in [0.2, 0.25) is 0 Å². The number of pyridine rings is 1. The Morgan fingerprint density at radius 2 is 1.87 bits per heavy atom. The molecule has 0 N–H and O–H groups in total. The summed E-state index contributed by atoms with van der Waals surface area (Å²) in [4.78, 5) is 27.0. The van der Waals surface area contributed by atoms with Crippen molar-refractivity contribution in [2.45, 2.75) is 31.7 Å². The quantitative estimate of drug-likeness (QED) is 0.662. The number of benzene rings is 1. The molecular formula is C24H23FN2O3. The Morgan fingerprint density at radius 3 is 2.70 bits per heavy atom. The molecule has 0 aliphatic carbocycles. The molecule has 1 fully saturated rings. The Morgan fingerprint density at radius 1 is 1.03 bits per heavy atom. The first-order chi connectivity index (χ1) is 14.6. The molecule has 2 unspecified atom stereocenters. The molecule has 2 atom stereocenters. The van der Waals surface area contributed by atoms with E-state index in [4.69, 9.17) is 4.42 Å². The maximum atomic E-state index is 13.1. The molecule has 5 nitrogen and oxygen atoms in total. The third kappa shape index (κ3) is 3.58. The van der Waals surface area contributed by atoms with Gasteiger partial charge in [0.15, 0.2) is 0 Å². The number of aromatic nitrogens is 1. The standard InChI is InChI=1S/C24H23FN2O3/c25-19-6-4-17(5-7-19)22-10-8-20(30-22)9-11-23(28)26-13-16-12-18(15-26)21-2-1-3-24(29)27(21)14-16/h1-8,10,16,18H,9,11-15H2. The number of hydrogen-bond donors (Lipinski definition) is 0. The molecule has 4 heterocycles. The van der Waals surface area contributed by atoms with Gasteiger partial charge in [-0.3, -0.25) is 9.59 Å². The molecule has 3 aromatic rings. The maximum Gasteiger partial charge on any atom is 0.250 e. The van der Waals surface area contributed by atoms with Crippen LogP contribution in [0.3, 0.4) is 0 Å². The number of fused-ring (bicyclic) bond motifs is 4. The minimum Gasteiger partial charge on any atom is -0.461 e. The Bertz CT molecular complexity index is 1130. The van der Waals surface area contributed by atoms with Crippen LogP contribution in [0.1, 0.15) is 30.2 Å². The lowest BCUT2D eigenvalue weighted by Gasteiger charge is -2.42. The van der Waals surface area contributed by atoms with Gasteiger partial charge in [-0.25, -0.2) is 4.39 Å². The van der Waals surface area contributed by atoms with Crippen molar-refractivity contribution >= 4 is 5.91 Å². The van der Waals surface area contributed by atoms with Crippen LogP contribution in [0.5, 0.6) is 0 Å². The first-order valence-corrected chi connectivity index (χ1v) is 10.4. The van der Waals surface area contributed by atoms with Crippen LogP contribution in [-0.2, 0) is 17.8 Å². The van der Waals surface area contributed by atoms with E-state index in [9.17, 15) is 14.0 Å². The SMILES string of the molecule is O=C(CCc1ccc(-c2ccc(F)cc2)o1)N1CC2CC(C1)c1cccc(=O)n1C2. The van der Waals surface area contributed by atoms with Crippen molar-refractivity contribution in [3.63, 3.8) is 0 Å². The fourth-order valence-corrected chi connectivity index (χ4v) is 4.77. The third-order valence-electron chi connectivity index (χ3n) is 6.21. The normalized spacial score (nSPS) is 20.1. The zero-order valence-corrected chi connectivity index (χ0v) is 16.6. The molecule has 0 spiro atoms. The number of hydrogen-bond acceptors (Lipinski definition) is 3. The van der Waals surface area contributed by atoms with Gasteiger partial charge in [0.2, 0.25) is 5.91 Å². The minimum absolute atomic E-state index is 0.0526. The summed E-state index contributed by atoms with van der Waals surface area (Å²) in [6.07, 6.45) is 1.95. The highest BCUT2D eigenvalue weighted by molar-refractivity contribution is 5.76. The molecule has 1 aromatic carbocycles. The lowest BCUT2D eigenvalue weighted by molar-refractivity contribution is -0.134. The average Bonchev–Trinajstić information content (AvgIpc) is 3.22. The topological polar surface area (TPSA) is 55.5 Å². The molecule has 1 amide bonds. The van der Waals surface area contributed by atoms with Crippen LogP contribution in [0.15, 0.2) is 63.8 Å². The van der Waals surface area contributed by atoms with E-state index in [-0.39, 0.29) is 23.2 Å². The average molecular weight is 406 g/mol. The molecule has 2 aliphatic heterocycles. The van der Waals surface area contributed by atoms with E-state index >= 15 is 0 Å². The number of carbonyl (C=O) groups is 1. The Kier molecular flexibility index (Phi) is 4.77. The molecule has 30 heavy (non-hydrogen) atoms. The second-order valence-corrected chi connectivity index (χ2v) is 8.27. The van der Waals surface area contributed by atoms with E-state index in [1.807, 2.05) is 33.7 Å². The summed E-state index contributed by atoms with van der Waals surface area (Å²) in [6, 6.07) is 15.3. The van der Waals surface area contributed by atoms with E-state index in [1.165, 1.54) is 12.1 Å². The van der Waals surface area contributed by atoms with Crippen molar-refractivity contribution in [2.75, 3.05) is 13.1 Å². The number of furan rings is 1. The number of carbonyl (C=O) groups excluding carboxylic acids is 1. The van der Waals surface area contributed by atoms with Gasteiger partial charge in [0, 0.05) is 55.7 Å². The summed E-state index contributed by atoms with van der Waals surface area (Å²) >= 11 is 0. The molecule has 0 radical (unpaired) electrons. The van der Waals surface area contributed by atoms with E-state index in [0.29, 0.717) is 44.2 Å². The Balaban J connectivity index is 1.23. The summed E-state index contributed by atoms with van der Waals surface area (Å²) in [7, 11) is 0. The molecule has 154 valence electrons. The number of nitrogens with zero attached hydrogens (tertiary/aromatic N) is 2. The number of rotatable bonds is 4. The summed E-state index contributed by atoms with van der Waals surface area (Å²) in [5.74, 6) is 1.81. The van der Waals surface area contributed by atoms with Crippen molar-refractivity contribution < 1.29 is 13.6 Å². The first-order valence-electron chi connectivity index (χ1n) is 10.4. The predicted molar refractivity (Wildman–Crippen MR) is 111 cm³/mol. The van der Waals surface area contributed by atoms with Crippen LogP contribution in [0, 0.1) is 11.7 Å². The first kappa shape index (κ1) is 18.9. The lowest BCUT2D eigenvalue weighted by atomic mass is 9.83. The number of piperidine rings is 1. The van der Waals surface area contributed by atoms with Gasteiger partial charge in [-0.05, 0) is 54.8 Å². The number of aryl methyl sites for hydroxylation is 1. The van der Waals surface area contributed by atoms with Gasteiger partial charge in [0.25, 0.3) is 5.56 Å². The van der Waals surface area contributed by atoms with Gasteiger partial charge < -0.3 is 13.9 Å². The summed E-state index contributed by atoms with van der Waals surface area (Å²) < 4.78 is 20.8. The van der Waals surface area contributed by atoms with Gasteiger partial charge >= 0.3 is 0 Å². The predicted octanol–water partition coefficient (Wildman–Crippen LogP) is 3.83. The fraction of sp³-hybridized carbons (Fsp3) is 0.333. The minimum atomic E-state index is -0.282. The van der Waals surface area contributed by atoms with Crippen LogP contribution in [0.25, 0.3) is 11.3 Å².